The van der Waals surface area contributed by atoms with Gasteiger partial charge >= 0.3 is 5.97 Å². The molecule has 2 amide bonds. The van der Waals surface area contributed by atoms with Gasteiger partial charge in [0, 0.05) is 57.7 Å². The molecule has 1 aromatic rings. The molecule has 0 saturated carbocycles. The number of nitrogens with one attached hydrogen (secondary N) is 1. The average Bonchev–Trinajstić information content (AvgIpc) is 3.71. The average molecular weight is 691 g/mol. The standard InChI is InChI=1S/C34H50N4O11/c1-20-14-22(15-21(2)26(20)41)29(43)36-17-24(40)27(42)28-25(35-4)23(39)16-34(49-28,31(45)46)8-10-38-11-13-47-19-33(38)7-9-37(18-33)30(44)32(3)6-5-12-48-32/h14-15,23-25,27-28,39-42H,4-13,16-19H2,1-3H3,(H,36,43)(H,45,46)/t23-,24?,25?,27+,28+,32?,33-,34?/m0/s1. The van der Waals surface area contributed by atoms with E-state index in [1.54, 1.807) is 18.7 Å². The van der Waals surface area contributed by atoms with Gasteiger partial charge in [0.2, 0.25) is 0 Å². The lowest BCUT2D eigenvalue weighted by Gasteiger charge is -2.48. The summed E-state index contributed by atoms with van der Waals surface area (Å²) in [6.45, 7) is 11.2. The number of likely N-dealkylation sites (tertiary alicyclic amines) is 1. The maximum absolute atomic E-state index is 13.4. The van der Waals surface area contributed by atoms with E-state index in [2.05, 4.69) is 21.9 Å². The number of aliphatic hydroxyl groups is 3. The normalized spacial score (nSPS) is 33.3. The minimum Gasteiger partial charge on any atom is -0.507 e. The molecular weight excluding hydrogens is 640 g/mol. The number of hydrogen-bond acceptors (Lipinski definition) is 12. The molecule has 4 aliphatic heterocycles. The van der Waals surface area contributed by atoms with Crippen LogP contribution >= 0.6 is 0 Å². The third kappa shape index (κ3) is 7.34. The van der Waals surface area contributed by atoms with Crippen LogP contribution in [-0.2, 0) is 23.8 Å². The molecule has 6 N–H and O–H groups in total. The number of aliphatic hydroxyl groups excluding tert-OH is 3. The SMILES string of the molecule is C=NC1[C@H]([C@H](O)C(O)CNC(=O)c2cc(C)c(O)c(C)c2)OC(CCN2CCOC[C@@]23CCN(C(=O)C2(C)CCCO2)C3)(C(=O)O)C[C@@H]1O. The van der Waals surface area contributed by atoms with Crippen molar-refractivity contribution in [2.24, 2.45) is 4.99 Å². The Bertz CT molecular complexity index is 1400. The van der Waals surface area contributed by atoms with Gasteiger partial charge in [-0.1, -0.05) is 0 Å². The van der Waals surface area contributed by atoms with Gasteiger partial charge in [0.05, 0.1) is 31.0 Å². The predicted octanol–water partition coefficient (Wildman–Crippen LogP) is -0.234. The van der Waals surface area contributed by atoms with E-state index < -0.39 is 65.6 Å². The van der Waals surface area contributed by atoms with Crippen LogP contribution in [0.15, 0.2) is 17.1 Å². The number of aliphatic carboxylic acids is 1. The largest absolute Gasteiger partial charge is 0.507 e. The fourth-order valence-corrected chi connectivity index (χ4v) is 7.80. The fraction of sp³-hybridized carbons (Fsp3) is 0.706. The molecule has 49 heavy (non-hydrogen) atoms. The molecular formula is C34H50N4O11. The zero-order chi connectivity index (χ0) is 35.7. The molecule has 0 bridgehead atoms. The molecule has 0 aliphatic carbocycles. The van der Waals surface area contributed by atoms with Crippen molar-refractivity contribution >= 4 is 24.5 Å². The van der Waals surface area contributed by atoms with Crippen LogP contribution in [0.5, 0.6) is 5.75 Å². The number of hydrogen-bond donors (Lipinski definition) is 6. The minimum atomic E-state index is -1.95. The van der Waals surface area contributed by atoms with Crippen molar-refractivity contribution in [1.29, 1.82) is 0 Å². The number of carbonyl (C=O) groups excluding carboxylic acids is 2. The van der Waals surface area contributed by atoms with Gasteiger partial charge < -0.3 is 50.0 Å². The minimum absolute atomic E-state index is 0.0593. The van der Waals surface area contributed by atoms with E-state index in [1.165, 1.54) is 12.1 Å². The Morgan fingerprint density at radius 2 is 1.86 bits per heavy atom. The summed E-state index contributed by atoms with van der Waals surface area (Å²) in [6, 6.07) is 1.83. The number of amides is 2. The van der Waals surface area contributed by atoms with E-state index in [0.717, 1.165) is 6.42 Å². The summed E-state index contributed by atoms with van der Waals surface area (Å²) in [5, 5.41) is 56.3. The van der Waals surface area contributed by atoms with Crippen molar-refractivity contribution in [3.05, 3.63) is 28.8 Å². The predicted molar refractivity (Wildman–Crippen MR) is 176 cm³/mol. The van der Waals surface area contributed by atoms with Gasteiger partial charge in [-0.05, 0) is 70.0 Å². The lowest BCUT2D eigenvalue weighted by molar-refractivity contribution is -0.227. The van der Waals surface area contributed by atoms with Crippen LogP contribution in [0.2, 0.25) is 0 Å². The Morgan fingerprint density at radius 1 is 1.14 bits per heavy atom. The molecule has 1 aromatic carbocycles. The lowest BCUT2D eigenvalue weighted by Crippen LogP contribution is -2.64. The van der Waals surface area contributed by atoms with Crippen molar-refractivity contribution in [3.63, 3.8) is 0 Å². The Labute approximate surface area is 285 Å². The first-order valence-electron chi connectivity index (χ1n) is 16.9. The van der Waals surface area contributed by atoms with Crippen molar-refractivity contribution in [3.8, 4) is 5.75 Å². The zero-order valence-corrected chi connectivity index (χ0v) is 28.5. The number of aromatic hydroxyl groups is 1. The second kappa shape index (κ2) is 14.6. The number of ether oxygens (including phenoxy) is 3. The highest BCUT2D eigenvalue weighted by molar-refractivity contribution is 5.95. The second-order valence-electron chi connectivity index (χ2n) is 14.2. The number of aryl methyl sites for hydroxylation is 2. The van der Waals surface area contributed by atoms with Gasteiger partial charge in [-0.3, -0.25) is 19.5 Å². The number of phenols is 1. The van der Waals surface area contributed by atoms with Crippen LogP contribution in [0.3, 0.4) is 0 Å². The van der Waals surface area contributed by atoms with Crippen molar-refractivity contribution in [2.75, 3.05) is 52.5 Å². The maximum Gasteiger partial charge on any atom is 0.336 e. The van der Waals surface area contributed by atoms with Crippen LogP contribution in [0.1, 0.15) is 60.5 Å². The van der Waals surface area contributed by atoms with E-state index >= 15 is 0 Å². The summed E-state index contributed by atoms with van der Waals surface area (Å²) in [5.41, 5.74) is -2.11. The highest BCUT2D eigenvalue weighted by atomic mass is 16.6. The lowest BCUT2D eigenvalue weighted by atomic mass is 9.81. The second-order valence-corrected chi connectivity index (χ2v) is 14.2. The molecule has 272 valence electrons. The smallest absolute Gasteiger partial charge is 0.336 e. The van der Waals surface area contributed by atoms with Crippen LogP contribution in [0, 0.1) is 13.8 Å². The third-order valence-electron chi connectivity index (χ3n) is 10.8. The number of carboxylic acid groups (broad SMARTS) is 1. The molecule has 4 aliphatic rings. The first kappa shape index (κ1) is 37.1. The summed E-state index contributed by atoms with van der Waals surface area (Å²) in [7, 11) is 0. The molecule has 4 saturated heterocycles. The highest BCUT2D eigenvalue weighted by Crippen LogP contribution is 2.39. The Balaban J connectivity index is 1.27. The van der Waals surface area contributed by atoms with E-state index in [-0.39, 0.29) is 36.6 Å². The van der Waals surface area contributed by atoms with E-state index in [0.29, 0.717) is 63.4 Å². The van der Waals surface area contributed by atoms with E-state index in [4.69, 9.17) is 14.2 Å². The van der Waals surface area contributed by atoms with Gasteiger partial charge in [0.25, 0.3) is 11.8 Å². The van der Waals surface area contributed by atoms with E-state index in [1.807, 2.05) is 6.92 Å². The number of carboxylic acids is 1. The maximum atomic E-state index is 13.4. The Hall–Kier alpha value is -3.18. The number of phenolic OH excluding ortho intramolecular Hbond substituents is 1. The van der Waals surface area contributed by atoms with E-state index in [9.17, 15) is 39.9 Å². The summed E-state index contributed by atoms with van der Waals surface area (Å²) < 4.78 is 17.8. The number of benzene rings is 1. The van der Waals surface area contributed by atoms with Crippen LogP contribution in [0.25, 0.3) is 0 Å². The van der Waals surface area contributed by atoms with Gasteiger partial charge in [-0.15, -0.1) is 0 Å². The van der Waals surface area contributed by atoms with Gasteiger partial charge in [0.15, 0.2) is 5.60 Å². The van der Waals surface area contributed by atoms with Gasteiger partial charge in [-0.2, -0.15) is 0 Å². The van der Waals surface area contributed by atoms with Gasteiger partial charge in [-0.25, -0.2) is 4.79 Å². The molecule has 8 atom stereocenters. The molecule has 0 aromatic heterocycles. The van der Waals surface area contributed by atoms with Crippen molar-refractivity contribution in [2.45, 2.75) is 100 Å². The van der Waals surface area contributed by atoms with Gasteiger partial charge in [0.1, 0.15) is 29.6 Å². The summed E-state index contributed by atoms with van der Waals surface area (Å²) in [5.74, 6) is -1.89. The van der Waals surface area contributed by atoms with Crippen LogP contribution in [-0.4, -0.2) is 160 Å². The highest BCUT2D eigenvalue weighted by Gasteiger charge is 2.56. The number of morpholine rings is 1. The summed E-state index contributed by atoms with van der Waals surface area (Å²) >= 11 is 0. The molecule has 5 rings (SSSR count). The third-order valence-corrected chi connectivity index (χ3v) is 10.8. The first-order valence-corrected chi connectivity index (χ1v) is 16.9. The molecule has 15 heteroatoms. The Kier molecular flexibility index (Phi) is 11.0. The number of carbonyl (C=O) groups is 3. The molecule has 0 radical (unpaired) electrons. The molecule has 4 heterocycles. The summed E-state index contributed by atoms with van der Waals surface area (Å²) in [4.78, 5) is 47.0. The van der Waals surface area contributed by atoms with Crippen molar-refractivity contribution in [1.82, 2.24) is 15.1 Å². The number of aliphatic imine (C=N–C) groups is 1. The topological polar surface area (TPSA) is 211 Å². The Morgan fingerprint density at radius 3 is 2.49 bits per heavy atom. The van der Waals surface area contributed by atoms with Crippen molar-refractivity contribution < 1.29 is 54.1 Å². The molecule has 1 spiro atoms. The monoisotopic (exact) mass is 690 g/mol. The first-order chi connectivity index (χ1) is 23.1. The van der Waals surface area contributed by atoms with Crippen LogP contribution in [0.4, 0.5) is 0 Å². The zero-order valence-electron chi connectivity index (χ0n) is 28.5. The number of rotatable bonds is 11. The molecule has 4 unspecified atom stereocenters. The quantitative estimate of drug-likeness (QED) is 0.166. The number of nitrogens with zero attached hydrogens (tertiary/aromatic N) is 3. The molecule has 15 nitrogen and oxygen atoms in total. The molecule has 4 fully saturated rings. The summed E-state index contributed by atoms with van der Waals surface area (Å²) in [6.07, 6.45) is -4.51. The fourth-order valence-electron chi connectivity index (χ4n) is 7.80. The van der Waals surface area contributed by atoms with Crippen LogP contribution < -0.4 is 5.32 Å².